The molecule has 0 spiro atoms. The van der Waals surface area contributed by atoms with E-state index in [-0.39, 0.29) is 12.4 Å². The summed E-state index contributed by atoms with van der Waals surface area (Å²) in [6.07, 6.45) is 0. The van der Waals surface area contributed by atoms with Crippen LogP contribution in [0.2, 0.25) is 0 Å². The summed E-state index contributed by atoms with van der Waals surface area (Å²) in [4.78, 5) is 23.8. The average molecular weight is 300 g/mol. The number of carbonyl (C=O) groups is 2. The fourth-order valence-electron chi connectivity index (χ4n) is 1.80. The number of ketones is 1. The average Bonchev–Trinajstić information content (AvgIpc) is 2.59. The number of rotatable bonds is 6. The lowest BCUT2D eigenvalue weighted by Gasteiger charge is -2.06. The Bertz CT molecular complexity index is 584. The van der Waals surface area contributed by atoms with Gasteiger partial charge in [-0.25, -0.2) is 4.79 Å². The van der Waals surface area contributed by atoms with Crippen molar-refractivity contribution in [1.82, 2.24) is 0 Å². The Labute approximate surface area is 128 Å². The van der Waals surface area contributed by atoms with E-state index >= 15 is 0 Å². The van der Waals surface area contributed by atoms with Gasteiger partial charge in [0.2, 0.25) is 0 Å². The van der Waals surface area contributed by atoms with Crippen LogP contribution in [-0.4, -0.2) is 32.6 Å². The Kier molecular flexibility index (Phi) is 5.14. The number of ether oxygens (including phenoxy) is 3. The normalized spacial score (nSPS) is 9.91. The molecule has 0 aromatic heterocycles. The van der Waals surface area contributed by atoms with Gasteiger partial charge in [0, 0.05) is 5.56 Å². The van der Waals surface area contributed by atoms with E-state index in [0.29, 0.717) is 22.6 Å². The second-order valence-corrected chi connectivity index (χ2v) is 4.46. The van der Waals surface area contributed by atoms with Gasteiger partial charge in [0.05, 0.1) is 19.8 Å². The van der Waals surface area contributed by atoms with Gasteiger partial charge in [0.25, 0.3) is 0 Å². The summed E-state index contributed by atoms with van der Waals surface area (Å²) >= 11 is 0. The van der Waals surface area contributed by atoms with Crippen LogP contribution < -0.4 is 9.47 Å². The van der Waals surface area contributed by atoms with Crippen LogP contribution in [0.3, 0.4) is 0 Å². The minimum Gasteiger partial charge on any atom is -0.497 e. The van der Waals surface area contributed by atoms with E-state index in [0.717, 1.165) is 0 Å². The molecule has 114 valence electrons. The lowest BCUT2D eigenvalue weighted by Crippen LogP contribution is -2.14. The number of benzene rings is 2. The standard InChI is InChI=1S/C17H16O5/c1-20-14-7-3-12(4-8-14)16(18)11-22-17(19)13-5-9-15(21-2)10-6-13/h3-10H,11H2,1-2H3. The Morgan fingerprint density at radius 1 is 0.773 bits per heavy atom. The van der Waals surface area contributed by atoms with Crippen LogP contribution in [0.4, 0.5) is 0 Å². The summed E-state index contributed by atoms with van der Waals surface area (Å²) in [6, 6.07) is 13.1. The topological polar surface area (TPSA) is 61.8 Å². The van der Waals surface area contributed by atoms with E-state index in [1.807, 2.05) is 0 Å². The van der Waals surface area contributed by atoms with Crippen molar-refractivity contribution in [2.75, 3.05) is 20.8 Å². The van der Waals surface area contributed by atoms with Crippen LogP contribution in [0.25, 0.3) is 0 Å². The number of methoxy groups -OCH3 is 2. The van der Waals surface area contributed by atoms with Crippen molar-refractivity contribution in [1.29, 1.82) is 0 Å². The zero-order valence-corrected chi connectivity index (χ0v) is 12.4. The predicted octanol–water partition coefficient (Wildman–Crippen LogP) is 2.74. The molecular formula is C17H16O5. The van der Waals surface area contributed by atoms with Gasteiger partial charge in [-0.1, -0.05) is 0 Å². The van der Waals surface area contributed by atoms with E-state index in [1.165, 1.54) is 0 Å². The number of hydrogen-bond acceptors (Lipinski definition) is 5. The van der Waals surface area contributed by atoms with Gasteiger partial charge in [0.1, 0.15) is 11.5 Å². The molecule has 22 heavy (non-hydrogen) atoms. The Morgan fingerprint density at radius 3 is 1.68 bits per heavy atom. The van der Waals surface area contributed by atoms with Gasteiger partial charge in [-0.05, 0) is 48.5 Å². The molecule has 0 heterocycles. The molecule has 0 fully saturated rings. The second kappa shape index (κ2) is 7.26. The van der Waals surface area contributed by atoms with Crippen molar-refractivity contribution in [2.24, 2.45) is 0 Å². The van der Waals surface area contributed by atoms with Gasteiger partial charge in [-0.3, -0.25) is 4.79 Å². The van der Waals surface area contributed by atoms with Crippen LogP contribution in [0.15, 0.2) is 48.5 Å². The van der Waals surface area contributed by atoms with Crippen LogP contribution in [0.1, 0.15) is 20.7 Å². The molecule has 0 N–H and O–H groups in total. The highest BCUT2D eigenvalue weighted by Crippen LogP contribution is 2.14. The fourth-order valence-corrected chi connectivity index (χ4v) is 1.80. The molecule has 0 amide bonds. The Hall–Kier alpha value is -2.82. The largest absolute Gasteiger partial charge is 0.497 e. The minimum absolute atomic E-state index is 0.274. The maximum atomic E-state index is 11.9. The van der Waals surface area contributed by atoms with Gasteiger partial charge in [0.15, 0.2) is 12.4 Å². The molecule has 0 saturated heterocycles. The van der Waals surface area contributed by atoms with Gasteiger partial charge >= 0.3 is 5.97 Å². The van der Waals surface area contributed by atoms with Crippen LogP contribution in [-0.2, 0) is 4.74 Å². The monoisotopic (exact) mass is 300 g/mol. The number of hydrogen-bond donors (Lipinski definition) is 0. The summed E-state index contributed by atoms with van der Waals surface area (Å²) in [5.41, 5.74) is 0.826. The first kappa shape index (κ1) is 15.6. The molecule has 2 rings (SSSR count). The summed E-state index contributed by atoms with van der Waals surface area (Å²) in [7, 11) is 3.09. The van der Waals surface area contributed by atoms with E-state index in [1.54, 1.807) is 62.8 Å². The molecule has 5 heteroatoms. The third-order valence-corrected chi connectivity index (χ3v) is 3.07. The van der Waals surface area contributed by atoms with Crippen molar-refractivity contribution >= 4 is 11.8 Å². The van der Waals surface area contributed by atoms with Crippen LogP contribution in [0.5, 0.6) is 11.5 Å². The number of carbonyl (C=O) groups excluding carboxylic acids is 2. The second-order valence-electron chi connectivity index (χ2n) is 4.46. The Balaban J connectivity index is 1.92. The molecule has 0 saturated carbocycles. The first-order valence-corrected chi connectivity index (χ1v) is 6.62. The highest BCUT2D eigenvalue weighted by Gasteiger charge is 2.12. The fraction of sp³-hybridized carbons (Fsp3) is 0.176. The molecule has 2 aromatic carbocycles. The first-order chi connectivity index (χ1) is 10.6. The zero-order valence-electron chi connectivity index (χ0n) is 12.4. The molecule has 0 aliphatic heterocycles. The number of Topliss-reactive ketones (excluding diaryl/α,β-unsaturated/α-hetero) is 1. The molecule has 0 aliphatic carbocycles. The molecule has 0 aliphatic rings. The molecule has 2 aromatic rings. The predicted molar refractivity (Wildman–Crippen MR) is 80.6 cm³/mol. The van der Waals surface area contributed by atoms with Crippen LogP contribution in [0, 0.1) is 0 Å². The highest BCUT2D eigenvalue weighted by molar-refractivity contribution is 5.99. The molecule has 0 bridgehead atoms. The zero-order chi connectivity index (χ0) is 15.9. The highest BCUT2D eigenvalue weighted by atomic mass is 16.5. The maximum absolute atomic E-state index is 11.9. The molecule has 0 radical (unpaired) electrons. The molecule has 0 atom stereocenters. The minimum atomic E-state index is -0.551. The van der Waals surface area contributed by atoms with Crippen LogP contribution >= 0.6 is 0 Å². The quantitative estimate of drug-likeness (QED) is 0.606. The van der Waals surface area contributed by atoms with Gasteiger partial charge < -0.3 is 14.2 Å². The third-order valence-electron chi connectivity index (χ3n) is 3.07. The summed E-state index contributed by atoms with van der Waals surface area (Å²) in [5, 5.41) is 0. The van der Waals surface area contributed by atoms with Gasteiger partial charge in [-0.15, -0.1) is 0 Å². The molecule has 0 unspecified atom stereocenters. The first-order valence-electron chi connectivity index (χ1n) is 6.62. The van der Waals surface area contributed by atoms with Crippen molar-refractivity contribution in [3.8, 4) is 11.5 Å². The third kappa shape index (κ3) is 3.85. The lowest BCUT2D eigenvalue weighted by molar-refractivity contribution is 0.0474. The number of esters is 1. The van der Waals surface area contributed by atoms with E-state index < -0.39 is 5.97 Å². The SMILES string of the molecule is COc1ccc(C(=O)COC(=O)c2ccc(OC)cc2)cc1. The molecular weight excluding hydrogens is 284 g/mol. The van der Waals surface area contributed by atoms with Crippen molar-refractivity contribution < 1.29 is 23.8 Å². The van der Waals surface area contributed by atoms with Gasteiger partial charge in [-0.2, -0.15) is 0 Å². The molecule has 5 nitrogen and oxygen atoms in total. The van der Waals surface area contributed by atoms with Crippen molar-refractivity contribution in [2.45, 2.75) is 0 Å². The van der Waals surface area contributed by atoms with E-state index in [4.69, 9.17) is 14.2 Å². The maximum Gasteiger partial charge on any atom is 0.338 e. The summed E-state index contributed by atoms with van der Waals surface area (Å²) < 4.78 is 15.0. The van der Waals surface area contributed by atoms with E-state index in [2.05, 4.69) is 0 Å². The van der Waals surface area contributed by atoms with Crippen molar-refractivity contribution in [3.63, 3.8) is 0 Å². The van der Waals surface area contributed by atoms with Crippen molar-refractivity contribution in [3.05, 3.63) is 59.7 Å². The van der Waals surface area contributed by atoms with E-state index in [9.17, 15) is 9.59 Å². The lowest BCUT2D eigenvalue weighted by atomic mass is 10.1. The summed E-state index contributed by atoms with van der Waals surface area (Å²) in [5.74, 6) is 0.478. The summed E-state index contributed by atoms with van der Waals surface area (Å²) in [6.45, 7) is -0.308. The Morgan fingerprint density at radius 2 is 1.23 bits per heavy atom. The smallest absolute Gasteiger partial charge is 0.338 e.